The molecule has 0 bridgehead atoms. The smallest absolute Gasteiger partial charge is 0.326 e. The molecule has 0 aromatic carbocycles. The number of nitrogens with one attached hydrogen (secondary N) is 1. The topological polar surface area (TPSA) is 56.1 Å². The van der Waals surface area contributed by atoms with Gasteiger partial charge in [0, 0.05) is 12.2 Å². The zero-order valence-corrected chi connectivity index (χ0v) is 12.5. The molecule has 0 aliphatic heterocycles. The van der Waals surface area contributed by atoms with Crippen molar-refractivity contribution in [1.29, 1.82) is 0 Å². The molecule has 2 aliphatic rings. The maximum absolute atomic E-state index is 12.2. The third-order valence-corrected chi connectivity index (χ3v) is 4.48. The number of hydrogen-bond donors (Lipinski definition) is 1. The number of ether oxygens (including phenoxy) is 1. The first-order chi connectivity index (χ1) is 9.13. The van der Waals surface area contributed by atoms with Crippen LogP contribution in [0, 0.1) is 0 Å². The standard InChI is InChI=1S/C13H18BrN3O2/c1-19-12(18)13(16-10-2-3-10)5-4-11(6-13)17-8-9(14)7-15-17/h7-8,10-11,16H,2-6H2,1H3. The Morgan fingerprint density at radius 3 is 2.95 bits per heavy atom. The normalized spacial score (nSPS) is 30.5. The monoisotopic (exact) mass is 327 g/mol. The molecule has 2 atom stereocenters. The molecular formula is C13H18BrN3O2. The molecule has 1 aromatic rings. The van der Waals surface area contributed by atoms with Gasteiger partial charge in [-0.05, 0) is 48.0 Å². The van der Waals surface area contributed by atoms with Crippen molar-refractivity contribution >= 4 is 21.9 Å². The highest BCUT2D eigenvalue weighted by Gasteiger charge is 2.49. The number of methoxy groups -OCH3 is 1. The van der Waals surface area contributed by atoms with Crippen LogP contribution in [0.3, 0.4) is 0 Å². The third kappa shape index (κ3) is 2.56. The van der Waals surface area contributed by atoms with E-state index in [9.17, 15) is 4.79 Å². The number of halogens is 1. The van der Waals surface area contributed by atoms with Crippen LogP contribution < -0.4 is 5.32 Å². The molecule has 5 nitrogen and oxygen atoms in total. The van der Waals surface area contributed by atoms with E-state index in [-0.39, 0.29) is 12.0 Å². The van der Waals surface area contributed by atoms with Crippen LogP contribution in [-0.2, 0) is 9.53 Å². The molecule has 1 aromatic heterocycles. The molecular weight excluding hydrogens is 310 g/mol. The van der Waals surface area contributed by atoms with Crippen LogP contribution in [0.1, 0.15) is 38.1 Å². The van der Waals surface area contributed by atoms with Gasteiger partial charge in [0.25, 0.3) is 0 Å². The van der Waals surface area contributed by atoms with Gasteiger partial charge in [0.05, 0.1) is 23.8 Å². The van der Waals surface area contributed by atoms with E-state index >= 15 is 0 Å². The van der Waals surface area contributed by atoms with Crippen molar-refractivity contribution in [3.8, 4) is 0 Å². The van der Waals surface area contributed by atoms with Crippen molar-refractivity contribution in [3.63, 3.8) is 0 Å². The molecule has 2 unspecified atom stereocenters. The first-order valence-electron chi connectivity index (χ1n) is 6.69. The number of nitrogens with zero attached hydrogens (tertiary/aromatic N) is 2. The highest BCUT2D eigenvalue weighted by Crippen LogP contribution is 2.40. The van der Waals surface area contributed by atoms with E-state index in [2.05, 4.69) is 26.3 Å². The van der Waals surface area contributed by atoms with Crippen LogP contribution in [0.4, 0.5) is 0 Å². The van der Waals surface area contributed by atoms with Gasteiger partial charge in [0.2, 0.25) is 0 Å². The zero-order chi connectivity index (χ0) is 13.5. The van der Waals surface area contributed by atoms with E-state index in [1.807, 2.05) is 10.9 Å². The fourth-order valence-electron chi connectivity index (χ4n) is 2.95. The van der Waals surface area contributed by atoms with Crippen molar-refractivity contribution in [2.45, 2.75) is 49.7 Å². The van der Waals surface area contributed by atoms with Gasteiger partial charge in [0.15, 0.2) is 0 Å². The van der Waals surface area contributed by atoms with E-state index < -0.39 is 5.54 Å². The summed E-state index contributed by atoms with van der Waals surface area (Å²) in [4.78, 5) is 12.2. The Labute approximate surface area is 120 Å². The lowest BCUT2D eigenvalue weighted by molar-refractivity contribution is -0.148. The summed E-state index contributed by atoms with van der Waals surface area (Å²) in [7, 11) is 1.47. The van der Waals surface area contributed by atoms with Crippen molar-refractivity contribution in [3.05, 3.63) is 16.9 Å². The van der Waals surface area contributed by atoms with Gasteiger partial charge < -0.3 is 4.74 Å². The Hall–Kier alpha value is -0.880. The summed E-state index contributed by atoms with van der Waals surface area (Å²) in [6.07, 6.45) is 8.60. The largest absolute Gasteiger partial charge is 0.468 e. The lowest BCUT2D eigenvalue weighted by Crippen LogP contribution is -2.51. The predicted octanol–water partition coefficient (Wildman–Crippen LogP) is 2.03. The summed E-state index contributed by atoms with van der Waals surface area (Å²) in [6.45, 7) is 0. The average molecular weight is 328 g/mol. The number of hydrogen-bond acceptors (Lipinski definition) is 4. The van der Waals surface area contributed by atoms with Gasteiger partial charge >= 0.3 is 5.97 Å². The van der Waals surface area contributed by atoms with Crippen molar-refractivity contribution in [2.75, 3.05) is 7.11 Å². The quantitative estimate of drug-likeness (QED) is 0.860. The van der Waals surface area contributed by atoms with Crippen molar-refractivity contribution < 1.29 is 9.53 Å². The summed E-state index contributed by atoms with van der Waals surface area (Å²) in [5, 5.41) is 7.83. The molecule has 1 N–H and O–H groups in total. The highest BCUT2D eigenvalue weighted by molar-refractivity contribution is 9.10. The number of esters is 1. The molecule has 2 saturated carbocycles. The Kier molecular flexibility index (Phi) is 3.39. The predicted molar refractivity (Wildman–Crippen MR) is 73.7 cm³/mol. The zero-order valence-electron chi connectivity index (χ0n) is 10.9. The SMILES string of the molecule is COC(=O)C1(NC2CC2)CCC(n2cc(Br)cn2)C1. The molecule has 1 heterocycles. The van der Waals surface area contributed by atoms with E-state index in [0.29, 0.717) is 6.04 Å². The minimum absolute atomic E-state index is 0.131. The van der Waals surface area contributed by atoms with Crippen LogP contribution >= 0.6 is 15.9 Å². The number of rotatable bonds is 4. The van der Waals surface area contributed by atoms with Gasteiger partial charge in [-0.3, -0.25) is 14.8 Å². The number of aromatic nitrogens is 2. The van der Waals surface area contributed by atoms with Crippen molar-refractivity contribution in [1.82, 2.24) is 15.1 Å². The maximum Gasteiger partial charge on any atom is 0.326 e. The van der Waals surface area contributed by atoms with E-state index in [1.54, 1.807) is 6.20 Å². The summed E-state index contributed by atoms with van der Waals surface area (Å²) in [6, 6.07) is 0.749. The summed E-state index contributed by atoms with van der Waals surface area (Å²) < 4.78 is 7.93. The van der Waals surface area contributed by atoms with Gasteiger partial charge in [-0.2, -0.15) is 5.10 Å². The van der Waals surface area contributed by atoms with Gasteiger partial charge in [-0.25, -0.2) is 0 Å². The lowest BCUT2D eigenvalue weighted by atomic mass is 9.97. The van der Waals surface area contributed by atoms with Gasteiger partial charge in [-0.15, -0.1) is 0 Å². The van der Waals surface area contributed by atoms with E-state index in [0.717, 1.165) is 36.6 Å². The Morgan fingerprint density at radius 1 is 1.58 bits per heavy atom. The van der Waals surface area contributed by atoms with E-state index in [4.69, 9.17) is 4.74 Å². The molecule has 104 valence electrons. The second-order valence-corrected chi connectivity index (χ2v) is 6.44. The van der Waals surface area contributed by atoms with Crippen LogP contribution in [0.15, 0.2) is 16.9 Å². The molecule has 0 radical (unpaired) electrons. The Bertz CT molecular complexity index is 486. The average Bonchev–Trinajstić information content (AvgIpc) is 2.93. The molecule has 0 saturated heterocycles. The molecule has 3 rings (SSSR count). The first kappa shape index (κ1) is 13.1. The van der Waals surface area contributed by atoms with Gasteiger partial charge in [0.1, 0.15) is 5.54 Å². The second-order valence-electron chi connectivity index (χ2n) is 5.53. The maximum atomic E-state index is 12.2. The lowest BCUT2D eigenvalue weighted by Gasteiger charge is -2.27. The van der Waals surface area contributed by atoms with Crippen molar-refractivity contribution in [2.24, 2.45) is 0 Å². The molecule has 6 heteroatoms. The minimum Gasteiger partial charge on any atom is -0.468 e. The molecule has 0 spiro atoms. The fraction of sp³-hybridized carbons (Fsp3) is 0.692. The summed E-state index contributed by atoms with van der Waals surface area (Å²) in [5.41, 5.74) is -0.515. The molecule has 19 heavy (non-hydrogen) atoms. The first-order valence-corrected chi connectivity index (χ1v) is 7.48. The minimum atomic E-state index is -0.515. The van der Waals surface area contributed by atoms with Gasteiger partial charge in [-0.1, -0.05) is 0 Å². The number of carbonyl (C=O) groups is 1. The summed E-state index contributed by atoms with van der Waals surface area (Å²) in [5.74, 6) is -0.131. The van der Waals surface area contributed by atoms with Crippen LogP contribution in [0.5, 0.6) is 0 Å². The van der Waals surface area contributed by atoms with Crippen LogP contribution in [0.2, 0.25) is 0 Å². The van der Waals surface area contributed by atoms with E-state index in [1.165, 1.54) is 7.11 Å². The van der Waals surface area contributed by atoms with Crippen LogP contribution in [0.25, 0.3) is 0 Å². The molecule has 0 amide bonds. The number of carbonyl (C=O) groups excluding carboxylic acids is 1. The Morgan fingerprint density at radius 2 is 2.37 bits per heavy atom. The fourth-order valence-corrected chi connectivity index (χ4v) is 3.25. The van der Waals surface area contributed by atoms with Crippen LogP contribution in [-0.4, -0.2) is 34.4 Å². The second kappa shape index (κ2) is 4.90. The third-order valence-electron chi connectivity index (χ3n) is 4.07. The molecule has 2 fully saturated rings. The highest BCUT2D eigenvalue weighted by atomic mass is 79.9. The molecule has 2 aliphatic carbocycles. The summed E-state index contributed by atoms with van der Waals surface area (Å²) >= 11 is 3.41. The Balaban J connectivity index is 1.77.